The lowest BCUT2D eigenvalue weighted by Gasteiger charge is -2.12. The molecular weight excluding hydrogens is 316 g/mol. The third-order valence-electron chi connectivity index (χ3n) is 3.63. The first-order valence-corrected chi connectivity index (χ1v) is 8.40. The van der Waals surface area contributed by atoms with Gasteiger partial charge in [-0.3, -0.25) is 0 Å². The Hall–Kier alpha value is -2.75. The summed E-state index contributed by atoms with van der Waals surface area (Å²) >= 11 is 0. The summed E-state index contributed by atoms with van der Waals surface area (Å²) in [6.45, 7) is 2.69. The van der Waals surface area contributed by atoms with Gasteiger partial charge < -0.3 is 14.2 Å². The lowest BCUT2D eigenvalue weighted by atomic mass is 10.1. The number of esters is 1. The van der Waals surface area contributed by atoms with Crippen molar-refractivity contribution < 1.29 is 19.0 Å². The number of hydrogen-bond acceptors (Lipinski definition) is 4. The largest absolute Gasteiger partial charge is 0.497 e. The molecule has 2 aromatic rings. The van der Waals surface area contributed by atoms with Gasteiger partial charge in [0.05, 0.1) is 13.7 Å². The predicted octanol–water partition coefficient (Wildman–Crippen LogP) is 4.33. The maximum absolute atomic E-state index is 11.3. The molecule has 0 saturated carbocycles. The van der Waals surface area contributed by atoms with E-state index in [0.717, 1.165) is 29.0 Å². The number of ether oxygens (including phenoxy) is 3. The molecule has 0 atom stereocenters. The van der Waals surface area contributed by atoms with Crippen LogP contribution in [0.5, 0.6) is 11.5 Å². The molecule has 4 nitrogen and oxygen atoms in total. The Morgan fingerprint density at radius 2 is 1.92 bits per heavy atom. The number of carbonyl (C=O) groups excluding carboxylic acids is 1. The molecule has 0 heterocycles. The van der Waals surface area contributed by atoms with E-state index >= 15 is 0 Å². The summed E-state index contributed by atoms with van der Waals surface area (Å²) in [7, 11) is 1.64. The third-order valence-corrected chi connectivity index (χ3v) is 3.63. The fourth-order valence-corrected chi connectivity index (χ4v) is 2.36. The Labute approximate surface area is 149 Å². The van der Waals surface area contributed by atoms with Crippen molar-refractivity contribution in [3.8, 4) is 11.5 Å². The Morgan fingerprint density at radius 1 is 1.12 bits per heavy atom. The van der Waals surface area contributed by atoms with Crippen molar-refractivity contribution in [3.63, 3.8) is 0 Å². The van der Waals surface area contributed by atoms with E-state index in [2.05, 4.69) is 0 Å². The second kappa shape index (κ2) is 10.2. The van der Waals surface area contributed by atoms with E-state index in [1.807, 2.05) is 54.6 Å². The van der Waals surface area contributed by atoms with Crippen LogP contribution in [-0.2, 0) is 22.6 Å². The normalized spacial score (nSPS) is 10.6. The summed E-state index contributed by atoms with van der Waals surface area (Å²) in [5.41, 5.74) is 2.16. The summed E-state index contributed by atoms with van der Waals surface area (Å²) in [6, 6.07) is 15.8. The van der Waals surface area contributed by atoms with Crippen LogP contribution in [0.15, 0.2) is 60.7 Å². The van der Waals surface area contributed by atoms with Crippen molar-refractivity contribution in [2.75, 3.05) is 13.7 Å². The molecule has 0 fully saturated rings. The van der Waals surface area contributed by atoms with Gasteiger partial charge in [-0.2, -0.15) is 0 Å². The first-order chi connectivity index (χ1) is 12.2. The van der Waals surface area contributed by atoms with E-state index < -0.39 is 0 Å². The number of aryl methyl sites for hydroxylation is 1. The fraction of sp³-hybridized carbons (Fsp3) is 0.286. The average molecular weight is 340 g/mol. The van der Waals surface area contributed by atoms with Gasteiger partial charge in [-0.15, -0.1) is 0 Å². The van der Waals surface area contributed by atoms with Crippen LogP contribution in [0.1, 0.15) is 24.5 Å². The Bertz CT molecular complexity index is 692. The molecule has 25 heavy (non-hydrogen) atoms. The lowest BCUT2D eigenvalue weighted by molar-refractivity contribution is -0.137. The second-order valence-electron chi connectivity index (χ2n) is 5.44. The van der Waals surface area contributed by atoms with Crippen molar-refractivity contribution in [2.24, 2.45) is 0 Å². The summed E-state index contributed by atoms with van der Waals surface area (Å²) < 4.78 is 16.1. The molecule has 2 rings (SSSR count). The molecule has 0 bridgehead atoms. The summed E-state index contributed by atoms with van der Waals surface area (Å²) in [5.74, 6) is 1.30. The lowest BCUT2D eigenvalue weighted by Crippen LogP contribution is -2.00. The quantitative estimate of drug-likeness (QED) is 0.503. The molecule has 0 aliphatic carbocycles. The van der Waals surface area contributed by atoms with Crippen LogP contribution >= 0.6 is 0 Å². The number of methoxy groups -OCH3 is 1. The van der Waals surface area contributed by atoms with Crippen LogP contribution in [0, 0.1) is 0 Å². The van der Waals surface area contributed by atoms with E-state index in [9.17, 15) is 4.79 Å². The van der Waals surface area contributed by atoms with Gasteiger partial charge in [0, 0.05) is 6.08 Å². The molecule has 0 saturated heterocycles. The minimum absolute atomic E-state index is 0.311. The molecule has 2 aromatic carbocycles. The minimum Gasteiger partial charge on any atom is -0.497 e. The molecular formula is C21H24O4. The monoisotopic (exact) mass is 340 g/mol. The maximum atomic E-state index is 11.3. The number of carbonyl (C=O) groups is 1. The fourth-order valence-electron chi connectivity index (χ4n) is 2.36. The highest BCUT2D eigenvalue weighted by molar-refractivity contribution is 5.81. The van der Waals surface area contributed by atoms with Crippen molar-refractivity contribution >= 4 is 5.97 Å². The van der Waals surface area contributed by atoms with Gasteiger partial charge >= 0.3 is 5.97 Å². The molecule has 0 amide bonds. The summed E-state index contributed by atoms with van der Waals surface area (Å²) in [5, 5.41) is 0. The topological polar surface area (TPSA) is 44.8 Å². The van der Waals surface area contributed by atoms with Gasteiger partial charge in [0.1, 0.15) is 18.1 Å². The first kappa shape index (κ1) is 18.6. The zero-order chi connectivity index (χ0) is 17.9. The van der Waals surface area contributed by atoms with Crippen LogP contribution in [0.2, 0.25) is 0 Å². The summed E-state index contributed by atoms with van der Waals surface area (Å²) in [4.78, 5) is 11.3. The smallest absolute Gasteiger partial charge is 0.330 e. The minimum atomic E-state index is -0.311. The second-order valence-corrected chi connectivity index (χ2v) is 5.44. The standard InChI is InChI=1S/C21H24O4/c1-3-24-21(22)12-8-7-11-18-15-19(23-2)13-14-20(18)25-16-17-9-5-4-6-10-17/h4-6,8-10,12-15H,3,7,11,16H2,1-2H3/b12-8+. The summed E-state index contributed by atoms with van der Waals surface area (Å²) in [6.07, 6.45) is 4.75. The first-order valence-electron chi connectivity index (χ1n) is 8.40. The molecule has 0 unspecified atom stereocenters. The van der Waals surface area contributed by atoms with E-state index in [-0.39, 0.29) is 5.97 Å². The number of allylic oxidation sites excluding steroid dienone is 1. The van der Waals surface area contributed by atoms with Crippen molar-refractivity contribution in [1.29, 1.82) is 0 Å². The van der Waals surface area contributed by atoms with Crippen LogP contribution < -0.4 is 9.47 Å². The number of rotatable bonds is 9. The van der Waals surface area contributed by atoms with E-state index in [1.54, 1.807) is 14.0 Å². The molecule has 4 heteroatoms. The van der Waals surface area contributed by atoms with Crippen molar-refractivity contribution in [1.82, 2.24) is 0 Å². The van der Waals surface area contributed by atoms with E-state index in [4.69, 9.17) is 14.2 Å². The molecule has 0 spiro atoms. The molecule has 132 valence electrons. The van der Waals surface area contributed by atoms with Gasteiger partial charge in [-0.25, -0.2) is 4.79 Å². The highest BCUT2D eigenvalue weighted by atomic mass is 16.5. The highest BCUT2D eigenvalue weighted by Gasteiger charge is 2.06. The highest BCUT2D eigenvalue weighted by Crippen LogP contribution is 2.26. The van der Waals surface area contributed by atoms with Crippen molar-refractivity contribution in [3.05, 3.63) is 71.8 Å². The van der Waals surface area contributed by atoms with Gasteiger partial charge in [0.15, 0.2) is 0 Å². The van der Waals surface area contributed by atoms with Crippen LogP contribution in [0.25, 0.3) is 0 Å². The van der Waals surface area contributed by atoms with Crippen LogP contribution in [0.3, 0.4) is 0 Å². The number of hydrogen-bond donors (Lipinski definition) is 0. The zero-order valence-corrected chi connectivity index (χ0v) is 14.7. The van der Waals surface area contributed by atoms with Gasteiger partial charge in [0.2, 0.25) is 0 Å². The predicted molar refractivity (Wildman–Crippen MR) is 97.9 cm³/mol. The Morgan fingerprint density at radius 3 is 2.64 bits per heavy atom. The Balaban J connectivity index is 2.00. The van der Waals surface area contributed by atoms with Crippen LogP contribution in [-0.4, -0.2) is 19.7 Å². The van der Waals surface area contributed by atoms with E-state index in [0.29, 0.717) is 19.6 Å². The number of benzene rings is 2. The van der Waals surface area contributed by atoms with E-state index in [1.165, 1.54) is 6.08 Å². The SMILES string of the molecule is CCOC(=O)/C=C/CCc1cc(OC)ccc1OCc1ccccc1. The molecule has 0 aliphatic heterocycles. The average Bonchev–Trinajstić information content (AvgIpc) is 2.65. The maximum Gasteiger partial charge on any atom is 0.330 e. The molecule has 0 radical (unpaired) electrons. The van der Waals surface area contributed by atoms with Crippen molar-refractivity contribution in [2.45, 2.75) is 26.4 Å². The van der Waals surface area contributed by atoms with Gasteiger partial charge in [-0.05, 0) is 49.1 Å². The van der Waals surface area contributed by atoms with Gasteiger partial charge in [-0.1, -0.05) is 36.4 Å². The molecule has 0 N–H and O–H groups in total. The Kier molecular flexibility index (Phi) is 7.57. The molecule has 0 aromatic heterocycles. The third kappa shape index (κ3) is 6.34. The van der Waals surface area contributed by atoms with Gasteiger partial charge in [0.25, 0.3) is 0 Å². The molecule has 0 aliphatic rings. The van der Waals surface area contributed by atoms with Crippen LogP contribution in [0.4, 0.5) is 0 Å². The zero-order valence-electron chi connectivity index (χ0n) is 14.7.